The quantitative estimate of drug-likeness (QED) is 0.416. The lowest BCUT2D eigenvalue weighted by atomic mass is 10.2. The zero-order chi connectivity index (χ0) is 25.3. The van der Waals surface area contributed by atoms with Crippen LogP contribution in [0.1, 0.15) is 11.1 Å². The molecule has 35 heavy (non-hydrogen) atoms. The number of anilines is 1. The van der Waals surface area contributed by atoms with E-state index in [0.29, 0.717) is 16.7 Å². The second-order valence-corrected chi connectivity index (χ2v) is 8.34. The molecule has 0 saturated carbocycles. The summed E-state index contributed by atoms with van der Waals surface area (Å²) in [6, 6.07) is 11.9. The number of fused-ring (bicyclic) bond motifs is 1. The first-order chi connectivity index (χ1) is 16.5. The molecule has 1 N–H and O–H groups in total. The van der Waals surface area contributed by atoms with Gasteiger partial charge in [-0.15, -0.1) is 0 Å². The van der Waals surface area contributed by atoms with Gasteiger partial charge in [0.05, 0.1) is 28.3 Å². The zero-order valence-electron chi connectivity index (χ0n) is 17.6. The van der Waals surface area contributed by atoms with Crippen molar-refractivity contribution in [3.05, 3.63) is 103 Å². The van der Waals surface area contributed by atoms with E-state index in [1.165, 1.54) is 18.3 Å². The monoisotopic (exact) mass is 522 g/mol. The number of pyridine rings is 1. The highest BCUT2D eigenvalue weighted by atomic mass is 35.5. The highest BCUT2D eigenvalue weighted by Crippen LogP contribution is 2.33. The number of aromatic nitrogens is 3. The van der Waals surface area contributed by atoms with E-state index < -0.39 is 35.4 Å². The lowest BCUT2D eigenvalue weighted by Crippen LogP contribution is -2.42. The van der Waals surface area contributed by atoms with Crippen LogP contribution in [-0.2, 0) is 24.1 Å². The third-order valence-electron chi connectivity index (χ3n) is 5.11. The van der Waals surface area contributed by atoms with Crippen LogP contribution in [0, 0.1) is 0 Å². The molecule has 4 aromatic rings. The average Bonchev–Trinajstić information content (AvgIpc) is 2.81. The number of nitrogens with zero attached hydrogens (tertiary/aromatic N) is 3. The van der Waals surface area contributed by atoms with E-state index in [2.05, 4.69) is 10.3 Å². The van der Waals surface area contributed by atoms with Gasteiger partial charge in [-0.3, -0.25) is 18.7 Å². The molecule has 2 aromatic heterocycles. The van der Waals surface area contributed by atoms with Gasteiger partial charge in [0, 0.05) is 11.2 Å². The van der Waals surface area contributed by atoms with Gasteiger partial charge in [-0.2, -0.15) is 13.2 Å². The van der Waals surface area contributed by atoms with Gasteiger partial charge < -0.3 is 5.32 Å². The van der Waals surface area contributed by atoms with Gasteiger partial charge in [0.15, 0.2) is 5.52 Å². The van der Waals surface area contributed by atoms with Crippen molar-refractivity contribution >= 4 is 45.8 Å². The summed E-state index contributed by atoms with van der Waals surface area (Å²) in [6.45, 7) is -0.711. The molecule has 2 aromatic carbocycles. The largest absolute Gasteiger partial charge is 0.416 e. The van der Waals surface area contributed by atoms with Crippen LogP contribution in [0.4, 0.5) is 18.9 Å². The van der Waals surface area contributed by atoms with Crippen LogP contribution in [0.2, 0.25) is 10.0 Å². The summed E-state index contributed by atoms with van der Waals surface area (Å²) in [5, 5.41) is 2.66. The van der Waals surface area contributed by atoms with E-state index in [1.807, 2.05) is 0 Å². The first kappa shape index (κ1) is 24.5. The Labute approximate surface area is 205 Å². The Morgan fingerprint density at radius 3 is 2.40 bits per heavy atom. The maximum Gasteiger partial charge on any atom is 0.416 e. The van der Waals surface area contributed by atoms with Crippen molar-refractivity contribution < 1.29 is 18.0 Å². The van der Waals surface area contributed by atoms with Gasteiger partial charge in [-0.05, 0) is 48.0 Å². The standard InChI is InChI=1S/C23H15Cl2F3N4O3/c24-15-6-3-13(4-7-15)11-32-21(34)20-18(2-1-9-29-20)31(22(32)35)12-19(33)30-17-10-14(23(26,27)28)5-8-16(17)25/h1-10H,11-12H2,(H,30,33). The van der Waals surface area contributed by atoms with E-state index in [4.69, 9.17) is 23.2 Å². The van der Waals surface area contributed by atoms with Crippen molar-refractivity contribution in [2.75, 3.05) is 5.32 Å². The second-order valence-electron chi connectivity index (χ2n) is 7.50. The third kappa shape index (κ3) is 5.23. The fraction of sp³-hybridized carbons (Fsp3) is 0.130. The van der Waals surface area contributed by atoms with Crippen LogP contribution in [0.25, 0.3) is 11.0 Å². The minimum Gasteiger partial charge on any atom is -0.323 e. The number of halogens is 5. The molecular formula is C23H15Cl2F3N4O3. The number of nitrogens with one attached hydrogen (secondary N) is 1. The van der Waals surface area contributed by atoms with Gasteiger partial charge in [0.25, 0.3) is 5.56 Å². The fourth-order valence-corrected chi connectivity index (χ4v) is 3.73. The molecular weight excluding hydrogens is 508 g/mol. The Hall–Kier alpha value is -3.63. The fourth-order valence-electron chi connectivity index (χ4n) is 3.44. The van der Waals surface area contributed by atoms with Crippen LogP contribution in [0.5, 0.6) is 0 Å². The first-order valence-electron chi connectivity index (χ1n) is 10.0. The molecule has 0 saturated heterocycles. The molecule has 0 aliphatic rings. The predicted molar refractivity (Wildman–Crippen MR) is 126 cm³/mol. The summed E-state index contributed by atoms with van der Waals surface area (Å²) in [7, 11) is 0. The molecule has 0 spiro atoms. The van der Waals surface area contributed by atoms with E-state index in [1.54, 1.807) is 24.3 Å². The highest BCUT2D eigenvalue weighted by Gasteiger charge is 2.31. The molecule has 4 rings (SSSR count). The number of rotatable bonds is 5. The molecule has 12 heteroatoms. The molecule has 0 aliphatic heterocycles. The smallest absolute Gasteiger partial charge is 0.323 e. The summed E-state index contributed by atoms with van der Waals surface area (Å²) < 4.78 is 41.1. The molecule has 0 fully saturated rings. The zero-order valence-corrected chi connectivity index (χ0v) is 19.2. The van der Waals surface area contributed by atoms with Crippen LogP contribution < -0.4 is 16.6 Å². The SMILES string of the molecule is O=C(Cn1c(=O)n(Cc2ccc(Cl)cc2)c(=O)c2ncccc21)Nc1cc(C(F)(F)F)ccc1Cl. The Morgan fingerprint density at radius 2 is 1.71 bits per heavy atom. The summed E-state index contributed by atoms with van der Waals surface area (Å²) in [6.07, 6.45) is -3.27. The molecule has 0 bridgehead atoms. The van der Waals surface area contributed by atoms with Crippen molar-refractivity contribution in [1.29, 1.82) is 0 Å². The van der Waals surface area contributed by atoms with Gasteiger partial charge in [0.1, 0.15) is 6.54 Å². The second kappa shape index (κ2) is 9.55. The molecule has 1 amide bonds. The third-order valence-corrected chi connectivity index (χ3v) is 5.69. The molecule has 0 radical (unpaired) electrons. The normalized spacial score (nSPS) is 11.6. The Bertz CT molecular complexity index is 1550. The number of hydrogen-bond donors (Lipinski definition) is 1. The molecule has 7 nitrogen and oxygen atoms in total. The average molecular weight is 523 g/mol. The lowest BCUT2D eigenvalue weighted by molar-refractivity contribution is -0.137. The number of benzene rings is 2. The number of hydrogen-bond acceptors (Lipinski definition) is 4. The Balaban J connectivity index is 1.73. The van der Waals surface area contributed by atoms with Crippen molar-refractivity contribution in [3.63, 3.8) is 0 Å². The van der Waals surface area contributed by atoms with Crippen LogP contribution >= 0.6 is 23.2 Å². The van der Waals surface area contributed by atoms with Crippen molar-refractivity contribution in [3.8, 4) is 0 Å². The predicted octanol–water partition coefficient (Wildman–Crippen LogP) is 4.57. The maximum atomic E-state index is 13.2. The van der Waals surface area contributed by atoms with Crippen molar-refractivity contribution in [2.24, 2.45) is 0 Å². The van der Waals surface area contributed by atoms with Crippen molar-refractivity contribution in [1.82, 2.24) is 14.1 Å². The minimum absolute atomic E-state index is 0.0500. The molecule has 0 unspecified atom stereocenters. The van der Waals surface area contributed by atoms with Crippen LogP contribution in [0.15, 0.2) is 70.4 Å². The Morgan fingerprint density at radius 1 is 1.00 bits per heavy atom. The van der Waals surface area contributed by atoms with Crippen LogP contribution in [-0.4, -0.2) is 20.0 Å². The summed E-state index contributed by atoms with van der Waals surface area (Å²) in [4.78, 5) is 43.0. The Kier molecular flexibility index (Phi) is 6.68. The van der Waals surface area contributed by atoms with Crippen LogP contribution in [0.3, 0.4) is 0 Å². The van der Waals surface area contributed by atoms with Crippen molar-refractivity contribution in [2.45, 2.75) is 19.3 Å². The van der Waals surface area contributed by atoms with Gasteiger partial charge in [0.2, 0.25) is 5.91 Å². The van der Waals surface area contributed by atoms with Gasteiger partial charge in [-0.25, -0.2) is 9.78 Å². The van der Waals surface area contributed by atoms with E-state index in [0.717, 1.165) is 21.3 Å². The first-order valence-corrected chi connectivity index (χ1v) is 10.8. The highest BCUT2D eigenvalue weighted by molar-refractivity contribution is 6.33. The summed E-state index contributed by atoms with van der Waals surface area (Å²) in [5.41, 5.74) is -2.06. The molecule has 180 valence electrons. The van der Waals surface area contributed by atoms with E-state index >= 15 is 0 Å². The number of amides is 1. The van der Waals surface area contributed by atoms with Gasteiger partial charge >= 0.3 is 11.9 Å². The minimum atomic E-state index is -4.64. The molecule has 2 heterocycles. The number of carbonyl (C=O) groups is 1. The summed E-state index contributed by atoms with van der Waals surface area (Å²) in [5.74, 6) is -0.824. The topological polar surface area (TPSA) is 86.0 Å². The number of carbonyl (C=O) groups excluding carboxylic acids is 1. The maximum absolute atomic E-state index is 13.2. The van der Waals surface area contributed by atoms with E-state index in [9.17, 15) is 27.6 Å². The van der Waals surface area contributed by atoms with E-state index in [-0.39, 0.29) is 28.3 Å². The van der Waals surface area contributed by atoms with Gasteiger partial charge in [-0.1, -0.05) is 35.3 Å². The molecule has 0 aliphatic carbocycles. The number of alkyl halides is 3. The molecule has 0 atom stereocenters. The lowest BCUT2D eigenvalue weighted by Gasteiger charge is -2.15. The summed E-state index contributed by atoms with van der Waals surface area (Å²) >= 11 is 11.8.